The van der Waals surface area contributed by atoms with Gasteiger partial charge in [-0.05, 0) is 33.6 Å². The molecular weight excluding hydrogens is 488 g/mol. The highest BCUT2D eigenvalue weighted by atomic mass is 16.7. The Balaban J connectivity index is 1.62. The maximum Gasteiger partial charge on any atom is 0.253 e. The van der Waals surface area contributed by atoms with Crippen molar-refractivity contribution in [3.63, 3.8) is 0 Å². The minimum absolute atomic E-state index is 0.0771. The minimum atomic E-state index is -1.18. The molecule has 5 atom stereocenters. The van der Waals surface area contributed by atoms with Crippen molar-refractivity contribution in [1.82, 2.24) is 10.6 Å². The number of amides is 2. The summed E-state index contributed by atoms with van der Waals surface area (Å²) >= 11 is 0. The molecule has 1 saturated heterocycles. The van der Waals surface area contributed by atoms with E-state index in [0.29, 0.717) is 25.9 Å². The summed E-state index contributed by atoms with van der Waals surface area (Å²) in [5.41, 5.74) is 2.94. The van der Waals surface area contributed by atoms with E-state index < -0.39 is 53.0 Å². The van der Waals surface area contributed by atoms with E-state index in [9.17, 15) is 29.4 Å². The highest BCUT2D eigenvalue weighted by molar-refractivity contribution is 5.77. The molecule has 7 N–H and O–H groups in total. The third-order valence-electron chi connectivity index (χ3n) is 6.05. The molecule has 1 fully saturated rings. The van der Waals surface area contributed by atoms with Gasteiger partial charge >= 0.3 is 0 Å². The van der Waals surface area contributed by atoms with Crippen molar-refractivity contribution in [3.05, 3.63) is 20.4 Å². The van der Waals surface area contributed by atoms with Crippen LogP contribution in [0.4, 0.5) is 11.4 Å². The predicted octanol–water partition coefficient (Wildman–Crippen LogP) is -1.26. The highest BCUT2D eigenvalue weighted by Gasteiger charge is 2.45. The lowest BCUT2D eigenvalue weighted by atomic mass is 9.96. The van der Waals surface area contributed by atoms with Gasteiger partial charge in [-0.1, -0.05) is 6.42 Å². The van der Waals surface area contributed by atoms with Crippen LogP contribution in [0, 0.1) is 0 Å². The molecule has 1 heterocycles. The smallest absolute Gasteiger partial charge is 0.253 e. The van der Waals surface area contributed by atoms with Gasteiger partial charge in [0.15, 0.2) is 6.29 Å². The second-order valence-electron chi connectivity index (χ2n) is 9.89. The molecule has 2 amide bonds. The summed E-state index contributed by atoms with van der Waals surface area (Å²) < 4.78 is 17.0. The van der Waals surface area contributed by atoms with Crippen LogP contribution in [0.1, 0.15) is 52.9 Å². The second-order valence-corrected chi connectivity index (χ2v) is 9.89. The normalized spacial score (nSPS) is 24.1. The number of rotatable bonds is 15. The van der Waals surface area contributed by atoms with Crippen LogP contribution in [0.25, 0.3) is 0 Å². The maximum atomic E-state index is 12.2. The molecule has 0 aromatic heterocycles. The van der Waals surface area contributed by atoms with Crippen molar-refractivity contribution in [2.75, 3.05) is 37.9 Å². The first kappa shape index (κ1) is 30.6. The van der Waals surface area contributed by atoms with Crippen LogP contribution in [-0.2, 0) is 23.8 Å². The summed E-state index contributed by atoms with van der Waals surface area (Å²) in [4.78, 5) is 46.5. The van der Waals surface area contributed by atoms with E-state index in [0.717, 1.165) is 6.42 Å². The molecule has 0 saturated carbocycles. The van der Waals surface area contributed by atoms with E-state index >= 15 is 0 Å². The number of nitrogens with two attached hydrogens (primary N) is 1. The molecule has 13 heteroatoms. The molecule has 1 aromatic carbocycles. The van der Waals surface area contributed by atoms with Crippen molar-refractivity contribution in [2.45, 2.75) is 89.1 Å². The molecule has 0 aliphatic carbocycles. The number of nitrogen functional groups attached to an aromatic ring is 1. The van der Waals surface area contributed by atoms with Gasteiger partial charge in [0, 0.05) is 33.2 Å². The van der Waals surface area contributed by atoms with Gasteiger partial charge in [0.25, 0.3) is 10.9 Å². The van der Waals surface area contributed by atoms with E-state index in [2.05, 4.69) is 16.0 Å². The zero-order valence-electron chi connectivity index (χ0n) is 21.9. The number of anilines is 2. The summed E-state index contributed by atoms with van der Waals surface area (Å²) in [5, 5.41) is 28.7. The zero-order valence-corrected chi connectivity index (χ0v) is 21.9. The van der Waals surface area contributed by atoms with Crippen LogP contribution >= 0.6 is 0 Å². The Bertz CT molecular complexity index is 971. The van der Waals surface area contributed by atoms with Gasteiger partial charge in [0.1, 0.15) is 23.6 Å². The molecule has 1 aromatic rings. The Morgan fingerprint density at radius 3 is 2.43 bits per heavy atom. The fraction of sp³-hybridized carbons (Fsp3) is 0.750. The van der Waals surface area contributed by atoms with Crippen LogP contribution < -0.4 is 32.5 Å². The molecule has 1 aliphatic rings. The molecule has 2 unspecified atom stereocenters. The lowest BCUT2D eigenvalue weighted by Crippen LogP contribution is -2.64. The van der Waals surface area contributed by atoms with Gasteiger partial charge in [-0.3, -0.25) is 19.2 Å². The quantitative estimate of drug-likeness (QED) is 0.117. The standard InChI is InChI=1S/C24H40N4O9/c1-13-17(28-15(30)12-24(2,3)34)21(33)22(35-4)23(37-13)36-11-7-5-6-8-14(29)26-9-10-27-18-16(25)19(31)20(18)32/h13,17,21-23,27,33-34H,5-12,25H2,1-4H3,(H,26,29)(H,28,30)/t13?,17-,21?,22+,23-/m1/s1. The lowest BCUT2D eigenvalue weighted by molar-refractivity contribution is -0.277. The SMILES string of the molecule is CO[C@H]1C(O)[C@H](NC(=O)CC(C)(C)O)C(C)O[C@H]1OCCCCCC(=O)NCCNc1c(N)c(=O)c1=O. The topological polar surface area (TPSA) is 199 Å². The van der Waals surface area contributed by atoms with Crippen molar-refractivity contribution in [2.24, 2.45) is 0 Å². The van der Waals surface area contributed by atoms with E-state index in [1.807, 2.05) is 0 Å². The lowest BCUT2D eigenvalue weighted by Gasteiger charge is -2.43. The highest BCUT2D eigenvalue weighted by Crippen LogP contribution is 2.25. The molecule has 2 rings (SSSR count). The average Bonchev–Trinajstić information content (AvgIpc) is 2.82. The summed E-state index contributed by atoms with van der Waals surface area (Å²) in [6.45, 7) is 5.66. The Morgan fingerprint density at radius 2 is 1.81 bits per heavy atom. The summed E-state index contributed by atoms with van der Waals surface area (Å²) in [7, 11) is 1.42. The third-order valence-corrected chi connectivity index (χ3v) is 6.05. The first-order chi connectivity index (χ1) is 17.4. The van der Waals surface area contributed by atoms with Crippen LogP contribution in [0.3, 0.4) is 0 Å². The fourth-order valence-corrected chi connectivity index (χ4v) is 4.06. The largest absolute Gasteiger partial charge is 0.394 e. The predicted molar refractivity (Wildman–Crippen MR) is 136 cm³/mol. The van der Waals surface area contributed by atoms with E-state index in [1.165, 1.54) is 21.0 Å². The number of unbranched alkanes of at least 4 members (excludes halogenated alkanes) is 2. The van der Waals surface area contributed by atoms with Gasteiger partial charge in [-0.25, -0.2) is 0 Å². The molecular formula is C24H40N4O9. The van der Waals surface area contributed by atoms with Gasteiger partial charge in [-0.15, -0.1) is 0 Å². The number of nitrogens with one attached hydrogen (secondary N) is 3. The first-order valence-corrected chi connectivity index (χ1v) is 12.4. The Hall–Kier alpha value is -2.58. The van der Waals surface area contributed by atoms with E-state index in [-0.39, 0.29) is 36.8 Å². The average molecular weight is 529 g/mol. The van der Waals surface area contributed by atoms with E-state index in [1.54, 1.807) is 6.92 Å². The van der Waals surface area contributed by atoms with Gasteiger partial charge in [0.05, 0.1) is 24.2 Å². The first-order valence-electron chi connectivity index (χ1n) is 12.4. The van der Waals surface area contributed by atoms with Crippen molar-refractivity contribution in [3.8, 4) is 0 Å². The number of aliphatic hydroxyl groups excluding tert-OH is 1. The summed E-state index contributed by atoms with van der Waals surface area (Å²) in [6, 6.07) is -0.723. The third kappa shape index (κ3) is 9.04. The Morgan fingerprint density at radius 1 is 1.11 bits per heavy atom. The summed E-state index contributed by atoms with van der Waals surface area (Å²) in [5.74, 6) is -0.543. The second kappa shape index (κ2) is 13.8. The number of carbonyl (C=O) groups excluding carboxylic acids is 2. The monoisotopic (exact) mass is 528 g/mol. The number of ether oxygens (including phenoxy) is 3. The fourth-order valence-electron chi connectivity index (χ4n) is 4.06. The van der Waals surface area contributed by atoms with Crippen LogP contribution in [0.15, 0.2) is 9.59 Å². The molecule has 13 nitrogen and oxygen atoms in total. The number of aliphatic hydroxyl groups is 2. The van der Waals surface area contributed by atoms with E-state index in [4.69, 9.17) is 19.9 Å². The van der Waals surface area contributed by atoms with Gasteiger partial charge in [-0.2, -0.15) is 0 Å². The van der Waals surface area contributed by atoms with Gasteiger partial charge < -0.3 is 46.1 Å². The van der Waals surface area contributed by atoms with Crippen LogP contribution in [0.5, 0.6) is 0 Å². The van der Waals surface area contributed by atoms with Crippen LogP contribution in [0.2, 0.25) is 0 Å². The van der Waals surface area contributed by atoms with Crippen LogP contribution in [-0.4, -0.2) is 85.1 Å². The molecule has 0 spiro atoms. The number of hydrogen-bond acceptors (Lipinski definition) is 11. The molecule has 37 heavy (non-hydrogen) atoms. The number of hydrogen-bond donors (Lipinski definition) is 6. The number of methoxy groups -OCH3 is 1. The molecule has 0 bridgehead atoms. The summed E-state index contributed by atoms with van der Waals surface area (Å²) in [6.07, 6.45) is -1.03. The molecule has 0 radical (unpaired) electrons. The van der Waals surface area contributed by atoms with Crippen molar-refractivity contribution in [1.29, 1.82) is 0 Å². The Kier molecular flexibility index (Phi) is 11.4. The van der Waals surface area contributed by atoms with Gasteiger partial charge in [0.2, 0.25) is 11.8 Å². The molecule has 1 aliphatic heterocycles. The van der Waals surface area contributed by atoms with Crippen molar-refractivity contribution < 1.29 is 34.0 Å². The zero-order chi connectivity index (χ0) is 27.8. The van der Waals surface area contributed by atoms with Crippen molar-refractivity contribution >= 4 is 23.2 Å². The number of carbonyl (C=O) groups is 2. The Labute approximate surface area is 215 Å². The molecule has 210 valence electrons. The maximum absolute atomic E-state index is 12.2. The minimum Gasteiger partial charge on any atom is -0.394 e.